The minimum atomic E-state index is -3.20. The molecule has 1 N–H and O–H groups in total. The van der Waals surface area contributed by atoms with Gasteiger partial charge in [0.15, 0.2) is 5.82 Å². The number of halogens is 1. The lowest BCUT2D eigenvalue weighted by Crippen LogP contribution is -2.44. The van der Waals surface area contributed by atoms with Gasteiger partial charge in [-0.1, -0.05) is 19.9 Å². The van der Waals surface area contributed by atoms with Crippen LogP contribution in [0.2, 0.25) is 0 Å². The Balaban J connectivity index is 1.59. The van der Waals surface area contributed by atoms with E-state index < -0.39 is 15.8 Å². The molecule has 2 aliphatic rings. The van der Waals surface area contributed by atoms with Crippen LogP contribution in [0.25, 0.3) is 11.3 Å². The third kappa shape index (κ3) is 4.33. The zero-order valence-corrected chi connectivity index (χ0v) is 19.5. The van der Waals surface area contributed by atoms with Crippen molar-refractivity contribution in [1.82, 2.24) is 19.2 Å². The maximum absolute atomic E-state index is 14.7. The molecule has 0 unspecified atom stereocenters. The van der Waals surface area contributed by atoms with E-state index in [1.165, 1.54) is 10.6 Å². The molecule has 0 bridgehead atoms. The van der Waals surface area contributed by atoms with Crippen molar-refractivity contribution < 1.29 is 17.6 Å². The minimum Gasteiger partial charge on any atom is -0.351 e. The number of hydrogen-bond acceptors (Lipinski definition) is 6. The molecule has 0 radical (unpaired) electrons. The fraction of sp³-hybridized carbons (Fsp3) is 0.500. The molecule has 32 heavy (non-hydrogen) atoms. The summed E-state index contributed by atoms with van der Waals surface area (Å²) in [4.78, 5) is 22.7. The van der Waals surface area contributed by atoms with Crippen LogP contribution in [0, 0.1) is 5.82 Å². The number of aromatic nitrogens is 2. The summed E-state index contributed by atoms with van der Waals surface area (Å²) < 4.78 is 39.5. The number of amides is 1. The van der Waals surface area contributed by atoms with Crippen molar-refractivity contribution in [3.8, 4) is 11.3 Å². The minimum absolute atomic E-state index is 0.00179. The molecule has 0 spiro atoms. The Morgan fingerprint density at radius 2 is 1.91 bits per heavy atom. The monoisotopic (exact) mass is 461 g/mol. The number of benzene rings is 1. The van der Waals surface area contributed by atoms with Gasteiger partial charge < -0.3 is 10.2 Å². The number of hydrogen-bond donors (Lipinski definition) is 1. The topological polar surface area (TPSA) is 95.5 Å². The molecule has 4 rings (SSSR count). The van der Waals surface area contributed by atoms with Crippen molar-refractivity contribution in [3.05, 3.63) is 41.3 Å². The number of fused-ring (bicyclic) bond motifs is 1. The average Bonchev–Trinajstić information content (AvgIpc) is 2.73. The number of piperidine rings is 1. The number of likely N-dealkylation sites (N-methyl/N-ethyl adjacent to an activating group) is 1. The van der Waals surface area contributed by atoms with Crippen LogP contribution < -0.4 is 5.32 Å². The largest absolute Gasteiger partial charge is 0.351 e. The Morgan fingerprint density at radius 3 is 2.56 bits per heavy atom. The fourth-order valence-electron chi connectivity index (χ4n) is 4.55. The summed E-state index contributed by atoms with van der Waals surface area (Å²) in [6, 6.07) is 5.30. The Bertz CT molecular complexity index is 1160. The lowest BCUT2D eigenvalue weighted by molar-refractivity contribution is 0.0737. The molecule has 3 heterocycles. The van der Waals surface area contributed by atoms with Gasteiger partial charge in [0.2, 0.25) is 16.0 Å². The molecule has 172 valence electrons. The van der Waals surface area contributed by atoms with Gasteiger partial charge in [-0.3, -0.25) is 4.79 Å². The van der Waals surface area contributed by atoms with Crippen molar-refractivity contribution in [2.45, 2.75) is 38.1 Å². The predicted octanol–water partition coefficient (Wildman–Crippen LogP) is 2.48. The van der Waals surface area contributed by atoms with Crippen molar-refractivity contribution in [2.75, 3.05) is 38.3 Å². The molecule has 0 atom stereocenters. The van der Waals surface area contributed by atoms with E-state index in [2.05, 4.69) is 29.1 Å². The highest BCUT2D eigenvalue weighted by molar-refractivity contribution is 7.88. The molecular weight excluding hydrogens is 433 g/mol. The van der Waals surface area contributed by atoms with Crippen LogP contribution in [0.5, 0.6) is 0 Å². The molecule has 1 aromatic carbocycles. The summed E-state index contributed by atoms with van der Waals surface area (Å²) in [5, 5.41) is 3.21. The first-order valence-corrected chi connectivity index (χ1v) is 12.4. The van der Waals surface area contributed by atoms with Crippen LogP contribution in [0.1, 0.15) is 42.6 Å². The second kappa shape index (κ2) is 8.08. The van der Waals surface area contributed by atoms with Gasteiger partial charge in [-0.25, -0.2) is 27.1 Å². The molecule has 0 saturated carbocycles. The van der Waals surface area contributed by atoms with Crippen LogP contribution in [0.15, 0.2) is 24.4 Å². The average molecular weight is 462 g/mol. The smallest absolute Gasteiger partial charge is 0.253 e. The van der Waals surface area contributed by atoms with E-state index in [-0.39, 0.29) is 23.1 Å². The quantitative estimate of drug-likeness (QED) is 0.752. The van der Waals surface area contributed by atoms with Crippen LogP contribution in [0.4, 0.5) is 10.3 Å². The number of rotatable bonds is 4. The highest BCUT2D eigenvalue weighted by atomic mass is 32.2. The van der Waals surface area contributed by atoms with Crippen molar-refractivity contribution in [3.63, 3.8) is 0 Å². The van der Waals surface area contributed by atoms with Crippen LogP contribution in [-0.2, 0) is 15.4 Å². The summed E-state index contributed by atoms with van der Waals surface area (Å²) in [5.74, 6) is -0.289. The molecule has 1 aromatic heterocycles. The summed E-state index contributed by atoms with van der Waals surface area (Å²) >= 11 is 0. The van der Waals surface area contributed by atoms with Gasteiger partial charge in [0, 0.05) is 49.3 Å². The second-order valence-electron chi connectivity index (χ2n) is 9.28. The molecule has 1 amide bonds. The molecule has 2 aliphatic heterocycles. The van der Waals surface area contributed by atoms with Gasteiger partial charge in [0.25, 0.3) is 5.91 Å². The highest BCUT2D eigenvalue weighted by Crippen LogP contribution is 2.36. The Hall–Kier alpha value is -2.59. The standard InChI is InChI=1S/C22H28FN5O3S/c1-22(2)13-27(3)20(29)16-6-5-14(11-17(16)22)19-18(23)12-24-21(26-19)25-15-7-9-28(10-8-15)32(4,30)31/h5-6,11-12,15H,7-10,13H2,1-4H3,(H,24,25,26). The number of carbonyl (C=O) groups is 1. The maximum Gasteiger partial charge on any atom is 0.253 e. The molecule has 1 fully saturated rings. The van der Waals surface area contributed by atoms with Gasteiger partial charge in [-0.15, -0.1) is 0 Å². The SMILES string of the molecule is CN1CC(C)(C)c2cc(-c3nc(NC4CCN(S(C)(=O)=O)CC4)ncc3F)ccc2C1=O. The lowest BCUT2D eigenvalue weighted by Gasteiger charge is -2.37. The second-order valence-corrected chi connectivity index (χ2v) is 11.3. The molecule has 8 nitrogen and oxygen atoms in total. The third-order valence-corrected chi connectivity index (χ3v) is 7.54. The van der Waals surface area contributed by atoms with Gasteiger partial charge in [0.1, 0.15) is 5.69 Å². The molecular formula is C22H28FN5O3S. The Labute approximate surface area is 187 Å². The van der Waals surface area contributed by atoms with Gasteiger partial charge in [-0.2, -0.15) is 0 Å². The molecule has 0 aliphatic carbocycles. The number of nitrogens with zero attached hydrogens (tertiary/aromatic N) is 4. The zero-order chi connectivity index (χ0) is 23.3. The van der Waals surface area contributed by atoms with E-state index in [0.29, 0.717) is 49.6 Å². The molecule has 1 saturated heterocycles. The first-order chi connectivity index (χ1) is 15.0. The van der Waals surface area contributed by atoms with E-state index in [1.807, 2.05) is 6.07 Å². The van der Waals surface area contributed by atoms with Crippen molar-refractivity contribution >= 4 is 21.9 Å². The van der Waals surface area contributed by atoms with Crippen LogP contribution in [0.3, 0.4) is 0 Å². The van der Waals surface area contributed by atoms with E-state index in [1.54, 1.807) is 24.1 Å². The van der Waals surface area contributed by atoms with Gasteiger partial charge in [-0.05, 0) is 30.5 Å². The Morgan fingerprint density at radius 1 is 1.22 bits per heavy atom. The number of nitrogens with one attached hydrogen (secondary N) is 1. The molecule has 2 aromatic rings. The summed E-state index contributed by atoms with van der Waals surface area (Å²) in [7, 11) is -1.42. The Kier molecular flexibility index (Phi) is 5.70. The fourth-order valence-corrected chi connectivity index (χ4v) is 5.42. The molecule has 10 heteroatoms. The van der Waals surface area contributed by atoms with Gasteiger partial charge in [0.05, 0.1) is 12.5 Å². The normalized spacial score (nSPS) is 19.7. The third-order valence-electron chi connectivity index (χ3n) is 6.23. The number of carbonyl (C=O) groups excluding carboxylic acids is 1. The van der Waals surface area contributed by atoms with Gasteiger partial charge >= 0.3 is 0 Å². The van der Waals surface area contributed by atoms with E-state index in [4.69, 9.17) is 0 Å². The predicted molar refractivity (Wildman–Crippen MR) is 120 cm³/mol. The summed E-state index contributed by atoms with van der Waals surface area (Å²) in [5.41, 5.74) is 1.98. The van der Waals surface area contributed by atoms with E-state index >= 15 is 0 Å². The highest BCUT2D eigenvalue weighted by Gasteiger charge is 2.35. The first-order valence-electron chi connectivity index (χ1n) is 10.6. The van der Waals surface area contributed by atoms with Crippen molar-refractivity contribution in [1.29, 1.82) is 0 Å². The van der Waals surface area contributed by atoms with E-state index in [0.717, 1.165) is 11.8 Å². The summed E-state index contributed by atoms with van der Waals surface area (Å²) in [6.07, 6.45) is 3.58. The lowest BCUT2D eigenvalue weighted by atomic mass is 9.77. The first kappa shape index (κ1) is 22.6. The van der Waals surface area contributed by atoms with E-state index in [9.17, 15) is 17.6 Å². The number of sulfonamides is 1. The van der Waals surface area contributed by atoms with Crippen LogP contribution in [-0.4, -0.2) is 72.5 Å². The van der Waals surface area contributed by atoms with Crippen molar-refractivity contribution in [2.24, 2.45) is 0 Å². The maximum atomic E-state index is 14.7. The summed E-state index contributed by atoms with van der Waals surface area (Å²) in [6.45, 7) is 5.54. The van der Waals surface area contributed by atoms with Crippen LogP contribution >= 0.6 is 0 Å². The number of anilines is 1. The zero-order valence-electron chi connectivity index (χ0n) is 18.7.